The fraction of sp³-hybridized carbons (Fsp3) is 0.538. The number of halogens is 2. The van der Waals surface area contributed by atoms with Crippen molar-refractivity contribution in [2.75, 3.05) is 5.73 Å². The molecule has 0 aliphatic heterocycles. The number of aliphatic hydroxyl groups excluding tert-OH is 1. The molecule has 0 amide bonds. The van der Waals surface area contributed by atoms with Gasteiger partial charge < -0.3 is 16.2 Å². The van der Waals surface area contributed by atoms with Crippen molar-refractivity contribution >= 4 is 5.69 Å². The van der Waals surface area contributed by atoms with Crippen LogP contribution in [-0.2, 0) is 6.54 Å². The number of hydrogen-bond acceptors (Lipinski definition) is 3. The van der Waals surface area contributed by atoms with Gasteiger partial charge in [-0.3, -0.25) is 0 Å². The van der Waals surface area contributed by atoms with Gasteiger partial charge in [-0.25, -0.2) is 8.78 Å². The van der Waals surface area contributed by atoms with Gasteiger partial charge in [-0.15, -0.1) is 0 Å². The number of aliphatic hydroxyl groups is 1. The van der Waals surface area contributed by atoms with Crippen molar-refractivity contribution in [1.82, 2.24) is 5.32 Å². The molecule has 0 saturated heterocycles. The predicted octanol–water partition coefficient (Wildman–Crippen LogP) is 1.94. The highest BCUT2D eigenvalue weighted by atomic mass is 19.1. The molecule has 1 aliphatic carbocycles. The highest BCUT2D eigenvalue weighted by Gasteiger charge is 2.19. The van der Waals surface area contributed by atoms with Crippen LogP contribution in [-0.4, -0.2) is 17.3 Å². The number of hydrogen-bond donors (Lipinski definition) is 3. The fourth-order valence-corrected chi connectivity index (χ4v) is 2.32. The van der Waals surface area contributed by atoms with Gasteiger partial charge in [0, 0.05) is 18.7 Å². The summed E-state index contributed by atoms with van der Waals surface area (Å²) in [5.41, 5.74) is 6.01. The van der Waals surface area contributed by atoms with Gasteiger partial charge >= 0.3 is 0 Å². The van der Waals surface area contributed by atoms with Crippen molar-refractivity contribution in [3.05, 3.63) is 29.3 Å². The number of anilines is 1. The number of rotatable bonds is 3. The first-order valence-electron chi connectivity index (χ1n) is 6.21. The maximum atomic E-state index is 13.2. The average molecular weight is 256 g/mol. The van der Waals surface area contributed by atoms with Gasteiger partial charge in [0.25, 0.3) is 0 Å². The van der Waals surface area contributed by atoms with Crippen LogP contribution in [0.15, 0.2) is 12.1 Å². The molecular formula is C13H18F2N2O. The number of nitrogen functional groups attached to an aromatic ring is 1. The number of nitrogens with one attached hydrogen (secondary N) is 1. The van der Waals surface area contributed by atoms with E-state index in [9.17, 15) is 13.9 Å². The lowest BCUT2D eigenvalue weighted by atomic mass is 9.93. The Hall–Kier alpha value is -1.20. The molecular weight excluding hydrogens is 238 g/mol. The van der Waals surface area contributed by atoms with E-state index in [4.69, 9.17) is 5.73 Å². The Kier molecular flexibility index (Phi) is 4.14. The SMILES string of the molecule is Nc1c(F)cc(F)cc1CNC1CCC(O)CC1. The molecule has 18 heavy (non-hydrogen) atoms. The summed E-state index contributed by atoms with van der Waals surface area (Å²) in [6.45, 7) is 0.348. The summed E-state index contributed by atoms with van der Waals surface area (Å²) < 4.78 is 26.3. The Morgan fingerprint density at radius 2 is 1.89 bits per heavy atom. The lowest BCUT2D eigenvalue weighted by molar-refractivity contribution is 0.116. The Balaban J connectivity index is 1.94. The fourth-order valence-electron chi connectivity index (χ4n) is 2.32. The molecule has 0 atom stereocenters. The standard InChI is InChI=1S/C13H18F2N2O/c14-9-5-8(13(16)12(15)6-9)7-17-10-1-3-11(18)4-2-10/h5-6,10-11,17-18H,1-4,7,16H2. The maximum Gasteiger partial charge on any atom is 0.149 e. The molecule has 0 aromatic heterocycles. The minimum atomic E-state index is -0.717. The molecule has 2 rings (SSSR count). The molecule has 1 aliphatic rings. The van der Waals surface area contributed by atoms with E-state index in [0.717, 1.165) is 31.7 Å². The van der Waals surface area contributed by atoms with Crippen molar-refractivity contribution in [2.24, 2.45) is 0 Å². The zero-order valence-electron chi connectivity index (χ0n) is 10.1. The molecule has 0 unspecified atom stereocenters. The van der Waals surface area contributed by atoms with E-state index in [1.807, 2.05) is 0 Å². The minimum Gasteiger partial charge on any atom is -0.396 e. The molecule has 1 saturated carbocycles. The van der Waals surface area contributed by atoms with Gasteiger partial charge in [-0.2, -0.15) is 0 Å². The van der Waals surface area contributed by atoms with Crippen molar-refractivity contribution < 1.29 is 13.9 Å². The van der Waals surface area contributed by atoms with E-state index in [2.05, 4.69) is 5.32 Å². The maximum absolute atomic E-state index is 13.2. The van der Waals surface area contributed by atoms with Crippen LogP contribution in [0, 0.1) is 11.6 Å². The number of benzene rings is 1. The second-order valence-electron chi connectivity index (χ2n) is 4.85. The van der Waals surface area contributed by atoms with Crippen LogP contribution < -0.4 is 11.1 Å². The molecule has 0 bridgehead atoms. The third kappa shape index (κ3) is 3.17. The summed E-state index contributed by atoms with van der Waals surface area (Å²) in [4.78, 5) is 0. The van der Waals surface area contributed by atoms with E-state index < -0.39 is 11.6 Å². The average Bonchev–Trinajstić information content (AvgIpc) is 2.34. The first kappa shape index (κ1) is 13.2. The normalized spacial score (nSPS) is 24.2. The van der Waals surface area contributed by atoms with Crippen LogP contribution in [0.5, 0.6) is 0 Å². The van der Waals surface area contributed by atoms with Crippen LogP contribution in [0.2, 0.25) is 0 Å². The lowest BCUT2D eigenvalue weighted by Gasteiger charge is -2.26. The van der Waals surface area contributed by atoms with Crippen molar-refractivity contribution in [1.29, 1.82) is 0 Å². The lowest BCUT2D eigenvalue weighted by Crippen LogP contribution is -2.34. The van der Waals surface area contributed by atoms with Crippen LogP contribution in [0.25, 0.3) is 0 Å². The summed E-state index contributed by atoms with van der Waals surface area (Å²) in [6.07, 6.45) is 3.08. The van der Waals surface area contributed by atoms with Crippen molar-refractivity contribution in [3.63, 3.8) is 0 Å². The van der Waals surface area contributed by atoms with Crippen molar-refractivity contribution in [2.45, 2.75) is 44.4 Å². The van der Waals surface area contributed by atoms with Crippen LogP contribution in [0.1, 0.15) is 31.2 Å². The highest BCUT2D eigenvalue weighted by Crippen LogP contribution is 2.21. The summed E-state index contributed by atoms with van der Waals surface area (Å²) in [5, 5.41) is 12.6. The van der Waals surface area contributed by atoms with Gasteiger partial charge in [0.05, 0.1) is 11.8 Å². The zero-order chi connectivity index (χ0) is 13.1. The van der Waals surface area contributed by atoms with Crippen LogP contribution in [0.4, 0.5) is 14.5 Å². The monoisotopic (exact) mass is 256 g/mol. The molecule has 0 spiro atoms. The van der Waals surface area contributed by atoms with Gasteiger partial charge in [0.15, 0.2) is 0 Å². The van der Waals surface area contributed by atoms with Crippen molar-refractivity contribution in [3.8, 4) is 0 Å². The van der Waals surface area contributed by atoms with E-state index >= 15 is 0 Å². The molecule has 100 valence electrons. The zero-order valence-corrected chi connectivity index (χ0v) is 10.1. The third-order valence-electron chi connectivity index (χ3n) is 3.46. The van der Waals surface area contributed by atoms with E-state index in [1.165, 1.54) is 6.07 Å². The van der Waals surface area contributed by atoms with Crippen LogP contribution in [0.3, 0.4) is 0 Å². The van der Waals surface area contributed by atoms with Gasteiger partial charge in [-0.05, 0) is 37.3 Å². The second kappa shape index (κ2) is 5.63. The molecule has 3 nitrogen and oxygen atoms in total. The van der Waals surface area contributed by atoms with E-state index in [1.54, 1.807) is 0 Å². The smallest absolute Gasteiger partial charge is 0.149 e. The summed E-state index contributed by atoms with van der Waals surface area (Å²) in [5.74, 6) is -1.33. The molecule has 1 fully saturated rings. The molecule has 1 aromatic carbocycles. The Labute approximate surface area is 105 Å². The Bertz CT molecular complexity index is 418. The quantitative estimate of drug-likeness (QED) is 0.724. The Morgan fingerprint density at radius 3 is 2.56 bits per heavy atom. The van der Waals surface area contributed by atoms with Gasteiger partial charge in [0.2, 0.25) is 0 Å². The number of nitrogens with two attached hydrogens (primary N) is 1. The first-order valence-corrected chi connectivity index (χ1v) is 6.21. The second-order valence-corrected chi connectivity index (χ2v) is 4.85. The largest absolute Gasteiger partial charge is 0.396 e. The molecule has 5 heteroatoms. The third-order valence-corrected chi connectivity index (χ3v) is 3.46. The highest BCUT2D eigenvalue weighted by molar-refractivity contribution is 5.48. The predicted molar refractivity (Wildman–Crippen MR) is 65.9 cm³/mol. The molecule has 1 aromatic rings. The van der Waals surface area contributed by atoms with Gasteiger partial charge in [-0.1, -0.05) is 0 Å². The molecule has 0 radical (unpaired) electrons. The van der Waals surface area contributed by atoms with Gasteiger partial charge in [0.1, 0.15) is 11.6 Å². The summed E-state index contributed by atoms with van der Waals surface area (Å²) >= 11 is 0. The van der Waals surface area contributed by atoms with Crippen LogP contribution >= 0.6 is 0 Å². The minimum absolute atomic E-state index is 0.000237. The van der Waals surface area contributed by atoms with E-state index in [-0.39, 0.29) is 17.8 Å². The topological polar surface area (TPSA) is 58.3 Å². The Morgan fingerprint density at radius 1 is 1.22 bits per heavy atom. The summed E-state index contributed by atoms with van der Waals surface area (Å²) in [7, 11) is 0. The molecule has 0 heterocycles. The van der Waals surface area contributed by atoms with E-state index in [0.29, 0.717) is 12.1 Å². The summed E-state index contributed by atoms with van der Waals surface area (Å²) in [6, 6.07) is 2.32. The molecule has 4 N–H and O–H groups in total. The first-order chi connectivity index (χ1) is 8.56.